The van der Waals surface area contributed by atoms with Crippen LogP contribution in [0.25, 0.3) is 11.0 Å². The third-order valence-corrected chi connectivity index (χ3v) is 10.4. The number of benzene rings is 3. The molecular formula is C39H43BrF3N5O5. The third-order valence-electron chi connectivity index (χ3n) is 9.91. The summed E-state index contributed by atoms with van der Waals surface area (Å²) >= 11 is 3.05. The van der Waals surface area contributed by atoms with Crippen molar-refractivity contribution in [2.75, 3.05) is 90.0 Å². The molecule has 10 nitrogen and oxygen atoms in total. The van der Waals surface area contributed by atoms with Crippen LogP contribution in [0.4, 0.5) is 18.9 Å². The van der Waals surface area contributed by atoms with Crippen LogP contribution in [0.5, 0.6) is 5.75 Å². The molecule has 0 atom stereocenters. The van der Waals surface area contributed by atoms with Gasteiger partial charge in [-0.1, -0.05) is 15.9 Å². The zero-order chi connectivity index (χ0) is 37.7. The number of carbonyl (C=O) groups excluding carboxylic acids is 3. The molecule has 0 saturated carbocycles. The summed E-state index contributed by atoms with van der Waals surface area (Å²) in [6, 6.07) is 18.3. The Labute approximate surface area is 315 Å². The van der Waals surface area contributed by atoms with Gasteiger partial charge in [-0.05, 0) is 74.5 Å². The van der Waals surface area contributed by atoms with E-state index in [9.17, 15) is 27.6 Å². The predicted octanol–water partition coefficient (Wildman–Crippen LogP) is 6.27. The number of anilines is 1. The van der Waals surface area contributed by atoms with E-state index in [4.69, 9.17) is 9.15 Å². The second kappa shape index (κ2) is 16.7. The van der Waals surface area contributed by atoms with Gasteiger partial charge in [-0.25, -0.2) is 0 Å². The molecule has 1 aromatic heterocycles. The standard InChI is InChI=1S/C39H43BrF3N5O5/c1-3-46(4-2)30-9-5-28-23-35(53-34(28)25-30)37(50)27-6-10-31(11-7-27)52-22-21-44-13-17-47(18-14-44)36(49)26-45-15-19-48(20-16-45)38(51)32-12-8-29(40)24-33(32)39(41,42)43/h5-12,23-25H,3-4,13-22,26H2,1-2H3. The molecule has 0 radical (unpaired) electrons. The molecular weight excluding hydrogens is 755 g/mol. The van der Waals surface area contributed by atoms with E-state index >= 15 is 0 Å². The van der Waals surface area contributed by atoms with E-state index < -0.39 is 17.6 Å². The minimum Gasteiger partial charge on any atom is -0.492 e. The minimum atomic E-state index is -4.65. The zero-order valence-electron chi connectivity index (χ0n) is 29.8. The number of alkyl halides is 3. The summed E-state index contributed by atoms with van der Waals surface area (Å²) in [7, 11) is 0. The second-order valence-corrected chi connectivity index (χ2v) is 14.1. The fraction of sp³-hybridized carbons (Fsp3) is 0.410. The number of fused-ring (bicyclic) bond motifs is 1. The van der Waals surface area contributed by atoms with Gasteiger partial charge in [-0.3, -0.25) is 24.2 Å². The van der Waals surface area contributed by atoms with Crippen LogP contribution in [0.1, 0.15) is 45.9 Å². The predicted molar refractivity (Wildman–Crippen MR) is 200 cm³/mol. The fourth-order valence-corrected chi connectivity index (χ4v) is 7.14. The number of ether oxygens (including phenoxy) is 1. The molecule has 0 N–H and O–H groups in total. The maximum absolute atomic E-state index is 13.6. The number of ketones is 1. The smallest absolute Gasteiger partial charge is 0.417 e. The lowest BCUT2D eigenvalue weighted by Gasteiger charge is -2.38. The van der Waals surface area contributed by atoms with Gasteiger partial charge in [0.05, 0.1) is 17.7 Å². The van der Waals surface area contributed by atoms with Crippen molar-refractivity contribution in [3.05, 3.63) is 93.7 Å². The molecule has 2 aliphatic rings. The van der Waals surface area contributed by atoms with E-state index in [0.29, 0.717) is 75.1 Å². The summed E-state index contributed by atoms with van der Waals surface area (Å²) in [6.07, 6.45) is -4.65. The lowest BCUT2D eigenvalue weighted by molar-refractivity contribution is -0.138. The number of furan rings is 1. The lowest BCUT2D eigenvalue weighted by atomic mass is 10.1. The Kier molecular flexibility index (Phi) is 12.1. The molecule has 0 unspecified atom stereocenters. The molecule has 4 aromatic rings. The molecule has 0 aliphatic carbocycles. The van der Waals surface area contributed by atoms with Crippen molar-refractivity contribution < 1.29 is 36.7 Å². The van der Waals surface area contributed by atoms with Gasteiger partial charge in [-0.15, -0.1) is 0 Å². The first kappa shape index (κ1) is 38.3. The Balaban J connectivity index is 0.904. The van der Waals surface area contributed by atoms with Crippen LogP contribution < -0.4 is 9.64 Å². The number of halogens is 4. The van der Waals surface area contributed by atoms with E-state index in [1.54, 1.807) is 30.3 Å². The first-order valence-corrected chi connectivity index (χ1v) is 18.7. The highest BCUT2D eigenvalue weighted by Crippen LogP contribution is 2.34. The van der Waals surface area contributed by atoms with Crippen molar-refractivity contribution in [1.82, 2.24) is 19.6 Å². The van der Waals surface area contributed by atoms with Crippen molar-refractivity contribution in [3.8, 4) is 5.75 Å². The van der Waals surface area contributed by atoms with Gasteiger partial charge in [0.1, 0.15) is 17.9 Å². The van der Waals surface area contributed by atoms with Gasteiger partial charge in [-0.2, -0.15) is 13.2 Å². The molecule has 2 fully saturated rings. The number of hydrogen-bond donors (Lipinski definition) is 0. The number of rotatable bonds is 12. The SMILES string of the molecule is CCN(CC)c1ccc2cc(C(=O)c3ccc(OCCN4CCN(C(=O)CN5CCN(C(=O)c6ccc(Br)cc6C(F)(F)F)CC5)CC4)cc3)oc2c1. The summed E-state index contributed by atoms with van der Waals surface area (Å²) in [6.45, 7) is 11.2. The van der Waals surface area contributed by atoms with Crippen LogP contribution in [0, 0.1) is 0 Å². The number of carbonyl (C=O) groups is 3. The Morgan fingerprint density at radius 1 is 0.811 bits per heavy atom. The van der Waals surface area contributed by atoms with Crippen molar-refractivity contribution in [2.45, 2.75) is 20.0 Å². The number of nitrogens with zero attached hydrogens (tertiary/aromatic N) is 5. The van der Waals surface area contributed by atoms with Crippen LogP contribution in [0.15, 0.2) is 75.6 Å². The highest BCUT2D eigenvalue weighted by atomic mass is 79.9. The van der Waals surface area contributed by atoms with E-state index in [-0.39, 0.29) is 41.4 Å². The number of piperazine rings is 2. The molecule has 0 spiro atoms. The Morgan fingerprint density at radius 3 is 2.13 bits per heavy atom. The molecule has 53 heavy (non-hydrogen) atoms. The van der Waals surface area contributed by atoms with Crippen molar-refractivity contribution in [1.29, 1.82) is 0 Å². The maximum Gasteiger partial charge on any atom is 0.417 e. The van der Waals surface area contributed by atoms with Gasteiger partial charge in [0, 0.05) is 99.2 Å². The molecule has 3 heterocycles. The topological polar surface area (TPSA) is 89.8 Å². The fourth-order valence-electron chi connectivity index (χ4n) is 6.78. The van der Waals surface area contributed by atoms with Crippen molar-refractivity contribution >= 4 is 50.2 Å². The number of hydrogen-bond acceptors (Lipinski definition) is 8. The quantitative estimate of drug-likeness (QED) is 0.155. The van der Waals surface area contributed by atoms with Gasteiger partial charge in [0.25, 0.3) is 5.91 Å². The summed E-state index contributed by atoms with van der Waals surface area (Å²) in [4.78, 5) is 48.9. The van der Waals surface area contributed by atoms with Crippen LogP contribution in [0.3, 0.4) is 0 Å². The summed E-state index contributed by atoms with van der Waals surface area (Å²) in [5.74, 6) is 0.0895. The second-order valence-electron chi connectivity index (χ2n) is 13.2. The Hall–Kier alpha value is -4.40. The third kappa shape index (κ3) is 9.22. The monoisotopic (exact) mass is 797 g/mol. The first-order valence-electron chi connectivity index (χ1n) is 17.9. The average Bonchev–Trinajstić information content (AvgIpc) is 3.59. The van der Waals surface area contributed by atoms with Gasteiger partial charge in [0.15, 0.2) is 5.76 Å². The van der Waals surface area contributed by atoms with Crippen LogP contribution in [0.2, 0.25) is 0 Å². The first-order chi connectivity index (χ1) is 25.4. The molecule has 282 valence electrons. The highest BCUT2D eigenvalue weighted by Gasteiger charge is 2.37. The summed E-state index contributed by atoms with van der Waals surface area (Å²) in [5.41, 5.74) is 0.910. The van der Waals surface area contributed by atoms with E-state index in [1.807, 2.05) is 28.0 Å². The molecule has 0 bridgehead atoms. The minimum absolute atomic E-state index is 0.00499. The Bertz CT molecular complexity index is 1910. The molecule has 2 saturated heterocycles. The molecule has 2 aliphatic heterocycles. The van der Waals surface area contributed by atoms with Crippen molar-refractivity contribution in [2.24, 2.45) is 0 Å². The average molecular weight is 799 g/mol. The van der Waals surface area contributed by atoms with Crippen LogP contribution >= 0.6 is 15.9 Å². The largest absolute Gasteiger partial charge is 0.492 e. The summed E-state index contributed by atoms with van der Waals surface area (Å²) < 4.78 is 52.9. The molecule has 14 heteroatoms. The van der Waals surface area contributed by atoms with Crippen molar-refractivity contribution in [3.63, 3.8) is 0 Å². The summed E-state index contributed by atoms with van der Waals surface area (Å²) in [5, 5.41) is 0.881. The molecule has 3 aromatic carbocycles. The molecule has 2 amide bonds. The van der Waals surface area contributed by atoms with Gasteiger partial charge >= 0.3 is 6.18 Å². The van der Waals surface area contributed by atoms with E-state index in [0.717, 1.165) is 30.2 Å². The maximum atomic E-state index is 13.6. The normalized spacial score (nSPS) is 15.9. The number of amides is 2. The zero-order valence-corrected chi connectivity index (χ0v) is 31.4. The van der Waals surface area contributed by atoms with Crippen LogP contribution in [-0.2, 0) is 11.0 Å². The van der Waals surface area contributed by atoms with Gasteiger partial charge < -0.3 is 23.9 Å². The highest BCUT2D eigenvalue weighted by molar-refractivity contribution is 9.10. The van der Waals surface area contributed by atoms with E-state index in [1.165, 1.54) is 17.0 Å². The van der Waals surface area contributed by atoms with E-state index in [2.05, 4.69) is 39.6 Å². The van der Waals surface area contributed by atoms with Gasteiger partial charge in [0.2, 0.25) is 11.7 Å². The van der Waals surface area contributed by atoms with Crippen LogP contribution in [-0.4, -0.2) is 122 Å². The Morgan fingerprint density at radius 2 is 1.47 bits per heavy atom. The molecule has 6 rings (SSSR count). The lowest BCUT2D eigenvalue weighted by Crippen LogP contribution is -2.54.